The number of carbonyl (C=O) groups is 1. The van der Waals surface area contributed by atoms with Gasteiger partial charge in [0.15, 0.2) is 0 Å². The van der Waals surface area contributed by atoms with Crippen LogP contribution in [0.25, 0.3) is 0 Å². The van der Waals surface area contributed by atoms with Gasteiger partial charge in [-0.15, -0.1) is 0 Å². The number of nitrogen functional groups attached to an aromatic ring is 1. The summed E-state index contributed by atoms with van der Waals surface area (Å²) in [6.45, 7) is 3.79. The van der Waals surface area contributed by atoms with Crippen molar-refractivity contribution in [3.63, 3.8) is 0 Å². The van der Waals surface area contributed by atoms with E-state index in [0.717, 1.165) is 4.47 Å². The molecule has 0 fully saturated rings. The molecule has 1 aromatic carbocycles. The smallest absolute Gasteiger partial charge is 0.253 e. The SMILES string of the molecule is CCC(CC)(CO)NC(=O)c1ccc(Br)cc1N. The largest absolute Gasteiger partial charge is 0.398 e. The second kappa shape index (κ2) is 6.20. The van der Waals surface area contributed by atoms with Crippen molar-refractivity contribution >= 4 is 27.5 Å². The Labute approximate surface area is 116 Å². The van der Waals surface area contributed by atoms with Crippen LogP contribution in [0.4, 0.5) is 5.69 Å². The van der Waals surface area contributed by atoms with E-state index in [4.69, 9.17) is 5.73 Å². The van der Waals surface area contributed by atoms with Crippen molar-refractivity contribution in [2.75, 3.05) is 12.3 Å². The van der Waals surface area contributed by atoms with Crippen LogP contribution in [0.3, 0.4) is 0 Å². The van der Waals surface area contributed by atoms with Crippen LogP contribution in [-0.4, -0.2) is 23.2 Å². The molecule has 0 saturated carbocycles. The Kier molecular flexibility index (Phi) is 5.16. The van der Waals surface area contributed by atoms with Crippen molar-refractivity contribution in [1.29, 1.82) is 0 Å². The van der Waals surface area contributed by atoms with E-state index in [0.29, 0.717) is 24.1 Å². The van der Waals surface area contributed by atoms with Crippen molar-refractivity contribution in [2.24, 2.45) is 0 Å². The fraction of sp³-hybridized carbons (Fsp3) is 0.462. The minimum Gasteiger partial charge on any atom is -0.398 e. The summed E-state index contributed by atoms with van der Waals surface area (Å²) in [5, 5.41) is 12.3. The van der Waals surface area contributed by atoms with Crippen molar-refractivity contribution in [3.8, 4) is 0 Å². The fourth-order valence-electron chi connectivity index (χ4n) is 1.74. The summed E-state index contributed by atoms with van der Waals surface area (Å²) >= 11 is 3.30. The van der Waals surface area contributed by atoms with E-state index < -0.39 is 5.54 Å². The zero-order valence-corrected chi connectivity index (χ0v) is 12.3. The molecule has 0 aromatic heterocycles. The van der Waals surface area contributed by atoms with E-state index in [-0.39, 0.29) is 12.5 Å². The Morgan fingerprint density at radius 3 is 2.50 bits per heavy atom. The first kappa shape index (κ1) is 15.0. The Bertz CT molecular complexity index is 423. The number of nitrogens with two attached hydrogens (primary N) is 1. The van der Waals surface area contributed by atoms with E-state index >= 15 is 0 Å². The summed E-state index contributed by atoms with van der Waals surface area (Å²) in [7, 11) is 0. The van der Waals surface area contributed by atoms with Crippen LogP contribution in [0.5, 0.6) is 0 Å². The standard InChI is InChI=1S/C13H19BrN2O2/c1-3-13(4-2,8-17)16-12(18)10-6-5-9(14)7-11(10)15/h5-7,17H,3-4,8,15H2,1-2H3,(H,16,18). The molecule has 0 atom stereocenters. The number of hydrogen-bond donors (Lipinski definition) is 3. The molecule has 1 rings (SSSR count). The third-order valence-electron chi connectivity index (χ3n) is 3.29. The van der Waals surface area contributed by atoms with E-state index in [2.05, 4.69) is 21.2 Å². The molecule has 1 aromatic rings. The first-order valence-corrected chi connectivity index (χ1v) is 6.75. The van der Waals surface area contributed by atoms with Gasteiger partial charge in [0.2, 0.25) is 0 Å². The van der Waals surface area contributed by atoms with Crippen molar-refractivity contribution in [3.05, 3.63) is 28.2 Å². The number of anilines is 1. The minimum absolute atomic E-state index is 0.0812. The van der Waals surface area contributed by atoms with Gasteiger partial charge in [0.1, 0.15) is 0 Å². The predicted molar refractivity (Wildman–Crippen MR) is 76.4 cm³/mol. The van der Waals surface area contributed by atoms with E-state index in [1.165, 1.54) is 0 Å². The van der Waals surface area contributed by atoms with Gasteiger partial charge in [0, 0.05) is 10.2 Å². The van der Waals surface area contributed by atoms with Crippen LogP contribution in [0.15, 0.2) is 22.7 Å². The summed E-state index contributed by atoms with van der Waals surface area (Å²) in [4.78, 5) is 12.2. The Morgan fingerprint density at radius 2 is 2.06 bits per heavy atom. The van der Waals surface area contributed by atoms with Gasteiger partial charge < -0.3 is 16.2 Å². The first-order valence-electron chi connectivity index (χ1n) is 5.96. The molecule has 0 heterocycles. The maximum atomic E-state index is 12.2. The van der Waals surface area contributed by atoms with E-state index in [9.17, 15) is 9.90 Å². The maximum absolute atomic E-state index is 12.2. The molecule has 4 N–H and O–H groups in total. The Hall–Kier alpha value is -1.07. The molecule has 0 aliphatic rings. The summed E-state index contributed by atoms with van der Waals surface area (Å²) in [6.07, 6.45) is 1.34. The lowest BCUT2D eigenvalue weighted by Crippen LogP contribution is -2.50. The highest BCUT2D eigenvalue weighted by Gasteiger charge is 2.28. The number of nitrogens with one attached hydrogen (secondary N) is 1. The molecule has 0 aliphatic heterocycles. The lowest BCUT2D eigenvalue weighted by atomic mass is 9.93. The van der Waals surface area contributed by atoms with Gasteiger partial charge in [0.25, 0.3) is 5.91 Å². The zero-order valence-electron chi connectivity index (χ0n) is 10.7. The number of halogens is 1. The van der Waals surface area contributed by atoms with Gasteiger partial charge in [0.05, 0.1) is 17.7 Å². The maximum Gasteiger partial charge on any atom is 0.253 e. The number of benzene rings is 1. The molecule has 0 bridgehead atoms. The zero-order chi connectivity index (χ0) is 13.8. The lowest BCUT2D eigenvalue weighted by molar-refractivity contribution is 0.0818. The minimum atomic E-state index is -0.573. The van der Waals surface area contributed by atoms with Gasteiger partial charge >= 0.3 is 0 Å². The topological polar surface area (TPSA) is 75.3 Å². The molecular weight excluding hydrogens is 296 g/mol. The van der Waals surface area contributed by atoms with E-state index in [1.54, 1.807) is 18.2 Å². The normalized spacial score (nSPS) is 11.3. The van der Waals surface area contributed by atoms with Crippen molar-refractivity contribution in [1.82, 2.24) is 5.32 Å². The van der Waals surface area contributed by atoms with Crippen LogP contribution in [0.1, 0.15) is 37.0 Å². The number of rotatable bonds is 5. The predicted octanol–water partition coefficient (Wildman–Crippen LogP) is 2.31. The first-order chi connectivity index (χ1) is 8.48. The number of aliphatic hydroxyl groups excluding tert-OH is 1. The molecule has 0 radical (unpaired) electrons. The molecule has 0 saturated heterocycles. The molecule has 18 heavy (non-hydrogen) atoms. The molecule has 0 aliphatic carbocycles. The second-order valence-electron chi connectivity index (χ2n) is 4.33. The molecule has 1 amide bonds. The van der Waals surface area contributed by atoms with Crippen LogP contribution in [0, 0.1) is 0 Å². The van der Waals surface area contributed by atoms with Gasteiger partial charge in [-0.25, -0.2) is 0 Å². The quantitative estimate of drug-likeness (QED) is 0.730. The second-order valence-corrected chi connectivity index (χ2v) is 5.25. The monoisotopic (exact) mass is 314 g/mol. The molecular formula is C13H19BrN2O2. The average Bonchev–Trinajstić information content (AvgIpc) is 2.36. The molecule has 0 spiro atoms. The van der Waals surface area contributed by atoms with Crippen LogP contribution < -0.4 is 11.1 Å². The summed E-state index contributed by atoms with van der Waals surface area (Å²) < 4.78 is 0.830. The Morgan fingerprint density at radius 1 is 1.44 bits per heavy atom. The number of aliphatic hydroxyl groups is 1. The van der Waals surface area contributed by atoms with Gasteiger partial charge in [-0.2, -0.15) is 0 Å². The number of amides is 1. The molecule has 100 valence electrons. The Balaban J connectivity index is 2.94. The van der Waals surface area contributed by atoms with Gasteiger partial charge in [-0.3, -0.25) is 4.79 Å². The number of hydrogen-bond acceptors (Lipinski definition) is 3. The third kappa shape index (κ3) is 3.23. The highest BCUT2D eigenvalue weighted by molar-refractivity contribution is 9.10. The van der Waals surface area contributed by atoms with Crippen LogP contribution >= 0.6 is 15.9 Å². The lowest BCUT2D eigenvalue weighted by Gasteiger charge is -2.30. The summed E-state index contributed by atoms with van der Waals surface area (Å²) in [5.74, 6) is -0.252. The fourth-order valence-corrected chi connectivity index (χ4v) is 2.12. The summed E-state index contributed by atoms with van der Waals surface area (Å²) in [6, 6.07) is 5.12. The van der Waals surface area contributed by atoms with Crippen LogP contribution in [-0.2, 0) is 0 Å². The van der Waals surface area contributed by atoms with E-state index in [1.807, 2.05) is 13.8 Å². The molecule has 5 heteroatoms. The molecule has 0 unspecified atom stereocenters. The highest BCUT2D eigenvalue weighted by Crippen LogP contribution is 2.21. The number of carbonyl (C=O) groups excluding carboxylic acids is 1. The third-order valence-corrected chi connectivity index (χ3v) is 3.79. The van der Waals surface area contributed by atoms with Crippen molar-refractivity contribution < 1.29 is 9.90 Å². The summed E-state index contributed by atoms with van der Waals surface area (Å²) in [5.41, 5.74) is 6.09. The average molecular weight is 315 g/mol. The molecule has 4 nitrogen and oxygen atoms in total. The van der Waals surface area contributed by atoms with Gasteiger partial charge in [-0.1, -0.05) is 29.8 Å². The van der Waals surface area contributed by atoms with Gasteiger partial charge in [-0.05, 0) is 31.0 Å². The van der Waals surface area contributed by atoms with Crippen molar-refractivity contribution in [2.45, 2.75) is 32.2 Å². The van der Waals surface area contributed by atoms with Crippen LogP contribution in [0.2, 0.25) is 0 Å². The highest BCUT2D eigenvalue weighted by atomic mass is 79.9.